The lowest BCUT2D eigenvalue weighted by molar-refractivity contribution is 0.242. The highest BCUT2D eigenvalue weighted by atomic mass is 16.5. The SMILES string of the molecule is C=CCc1cc(NC)cc(OC(C)C)c1. The summed E-state index contributed by atoms with van der Waals surface area (Å²) in [6.45, 7) is 7.79. The summed E-state index contributed by atoms with van der Waals surface area (Å²) in [5.41, 5.74) is 2.29. The first kappa shape index (κ1) is 11.6. The molecule has 0 radical (unpaired) electrons. The van der Waals surface area contributed by atoms with E-state index >= 15 is 0 Å². The van der Waals surface area contributed by atoms with Gasteiger partial charge < -0.3 is 10.1 Å². The largest absolute Gasteiger partial charge is 0.491 e. The van der Waals surface area contributed by atoms with E-state index in [1.165, 1.54) is 5.56 Å². The molecule has 0 unspecified atom stereocenters. The molecule has 0 fully saturated rings. The molecule has 0 bridgehead atoms. The van der Waals surface area contributed by atoms with Gasteiger partial charge in [0.25, 0.3) is 0 Å². The maximum absolute atomic E-state index is 5.67. The number of ether oxygens (including phenoxy) is 1. The van der Waals surface area contributed by atoms with E-state index in [2.05, 4.69) is 24.0 Å². The molecule has 1 N–H and O–H groups in total. The van der Waals surface area contributed by atoms with Crippen LogP contribution in [0.2, 0.25) is 0 Å². The Kier molecular flexibility index (Phi) is 4.22. The summed E-state index contributed by atoms with van der Waals surface area (Å²) in [4.78, 5) is 0. The Hall–Kier alpha value is -1.44. The van der Waals surface area contributed by atoms with Gasteiger partial charge in [-0.3, -0.25) is 0 Å². The van der Waals surface area contributed by atoms with Crippen molar-refractivity contribution in [3.05, 3.63) is 36.4 Å². The second-order valence-corrected chi connectivity index (χ2v) is 3.78. The van der Waals surface area contributed by atoms with Gasteiger partial charge in [0, 0.05) is 18.8 Å². The smallest absolute Gasteiger partial charge is 0.122 e. The number of hydrogen-bond donors (Lipinski definition) is 1. The minimum atomic E-state index is 0.202. The van der Waals surface area contributed by atoms with Gasteiger partial charge in [-0.2, -0.15) is 0 Å². The third-order valence-electron chi connectivity index (χ3n) is 2.01. The fourth-order valence-electron chi connectivity index (χ4n) is 1.43. The van der Waals surface area contributed by atoms with E-state index < -0.39 is 0 Å². The first-order valence-corrected chi connectivity index (χ1v) is 5.25. The van der Waals surface area contributed by atoms with Gasteiger partial charge in [-0.15, -0.1) is 6.58 Å². The van der Waals surface area contributed by atoms with Crippen LogP contribution in [0.1, 0.15) is 19.4 Å². The zero-order valence-corrected chi connectivity index (χ0v) is 9.71. The Bertz CT molecular complexity index is 331. The summed E-state index contributed by atoms with van der Waals surface area (Å²) < 4.78 is 5.67. The Labute approximate surface area is 92.0 Å². The monoisotopic (exact) mass is 205 g/mol. The van der Waals surface area contributed by atoms with Crippen molar-refractivity contribution in [3.63, 3.8) is 0 Å². The molecule has 0 saturated heterocycles. The van der Waals surface area contributed by atoms with E-state index in [1.54, 1.807) is 0 Å². The predicted octanol–water partition coefficient (Wildman–Crippen LogP) is 3.24. The van der Waals surface area contributed by atoms with Gasteiger partial charge in [0.05, 0.1) is 6.10 Å². The van der Waals surface area contributed by atoms with Crippen LogP contribution in [-0.2, 0) is 6.42 Å². The molecule has 0 aliphatic heterocycles. The van der Waals surface area contributed by atoms with Crippen molar-refractivity contribution in [1.82, 2.24) is 0 Å². The normalized spacial score (nSPS) is 10.1. The minimum Gasteiger partial charge on any atom is -0.491 e. The molecule has 2 heteroatoms. The third kappa shape index (κ3) is 3.66. The molecule has 0 aliphatic rings. The lowest BCUT2D eigenvalue weighted by atomic mass is 10.1. The van der Waals surface area contributed by atoms with Crippen molar-refractivity contribution >= 4 is 5.69 Å². The summed E-state index contributed by atoms with van der Waals surface area (Å²) in [5.74, 6) is 0.911. The molecule has 0 aromatic heterocycles. The molecule has 0 amide bonds. The number of anilines is 1. The van der Waals surface area contributed by atoms with Gasteiger partial charge in [0.1, 0.15) is 5.75 Å². The molecule has 1 aromatic rings. The molecule has 82 valence electrons. The molecule has 0 aliphatic carbocycles. The number of rotatable bonds is 5. The molecular weight excluding hydrogens is 186 g/mol. The third-order valence-corrected chi connectivity index (χ3v) is 2.01. The summed E-state index contributed by atoms with van der Waals surface area (Å²) >= 11 is 0. The van der Waals surface area contributed by atoms with E-state index in [9.17, 15) is 0 Å². The number of nitrogens with one attached hydrogen (secondary N) is 1. The predicted molar refractivity (Wildman–Crippen MR) is 65.7 cm³/mol. The van der Waals surface area contributed by atoms with E-state index in [-0.39, 0.29) is 6.10 Å². The summed E-state index contributed by atoms with van der Waals surface area (Å²) in [7, 11) is 1.91. The lowest BCUT2D eigenvalue weighted by Gasteiger charge is -2.12. The quantitative estimate of drug-likeness (QED) is 0.745. The van der Waals surface area contributed by atoms with Crippen molar-refractivity contribution < 1.29 is 4.74 Å². The zero-order chi connectivity index (χ0) is 11.3. The molecular formula is C13H19NO. The van der Waals surface area contributed by atoms with Crippen LogP contribution in [0.5, 0.6) is 5.75 Å². The molecule has 0 saturated carbocycles. The van der Waals surface area contributed by atoms with Gasteiger partial charge in [-0.1, -0.05) is 6.08 Å². The molecule has 1 aromatic carbocycles. The topological polar surface area (TPSA) is 21.3 Å². The van der Waals surface area contributed by atoms with Crippen molar-refractivity contribution in [2.75, 3.05) is 12.4 Å². The Morgan fingerprint density at radius 1 is 1.40 bits per heavy atom. The minimum absolute atomic E-state index is 0.202. The van der Waals surface area contributed by atoms with Crippen molar-refractivity contribution in [2.45, 2.75) is 26.4 Å². The van der Waals surface area contributed by atoms with Gasteiger partial charge in [0.2, 0.25) is 0 Å². The Morgan fingerprint density at radius 2 is 2.13 bits per heavy atom. The Balaban J connectivity index is 2.94. The second-order valence-electron chi connectivity index (χ2n) is 3.78. The Morgan fingerprint density at radius 3 is 2.67 bits per heavy atom. The number of allylic oxidation sites excluding steroid dienone is 1. The fourth-order valence-corrected chi connectivity index (χ4v) is 1.43. The van der Waals surface area contributed by atoms with Crippen LogP contribution < -0.4 is 10.1 Å². The van der Waals surface area contributed by atoms with Crippen LogP contribution >= 0.6 is 0 Å². The van der Waals surface area contributed by atoms with Crippen molar-refractivity contribution in [1.29, 1.82) is 0 Å². The van der Waals surface area contributed by atoms with E-state index in [0.29, 0.717) is 0 Å². The second kappa shape index (κ2) is 5.44. The molecule has 0 spiro atoms. The maximum atomic E-state index is 5.67. The average molecular weight is 205 g/mol. The first-order valence-electron chi connectivity index (χ1n) is 5.25. The highest BCUT2D eigenvalue weighted by molar-refractivity contribution is 5.51. The fraction of sp³-hybridized carbons (Fsp3) is 0.385. The van der Waals surface area contributed by atoms with Gasteiger partial charge in [-0.05, 0) is 38.0 Å². The zero-order valence-electron chi connectivity index (χ0n) is 9.71. The highest BCUT2D eigenvalue weighted by Crippen LogP contribution is 2.22. The van der Waals surface area contributed by atoms with Crippen LogP contribution in [0, 0.1) is 0 Å². The average Bonchev–Trinajstić information content (AvgIpc) is 2.16. The van der Waals surface area contributed by atoms with Crippen LogP contribution in [0.25, 0.3) is 0 Å². The van der Waals surface area contributed by atoms with Gasteiger partial charge in [0.15, 0.2) is 0 Å². The van der Waals surface area contributed by atoms with Crippen LogP contribution in [0.15, 0.2) is 30.9 Å². The maximum Gasteiger partial charge on any atom is 0.122 e. The highest BCUT2D eigenvalue weighted by Gasteiger charge is 2.02. The van der Waals surface area contributed by atoms with Crippen molar-refractivity contribution in [3.8, 4) is 5.75 Å². The van der Waals surface area contributed by atoms with E-state index in [0.717, 1.165) is 17.9 Å². The molecule has 0 atom stereocenters. The number of hydrogen-bond acceptors (Lipinski definition) is 2. The summed E-state index contributed by atoms with van der Waals surface area (Å²) in [6.07, 6.45) is 2.96. The van der Waals surface area contributed by atoms with Crippen molar-refractivity contribution in [2.24, 2.45) is 0 Å². The number of benzene rings is 1. The van der Waals surface area contributed by atoms with Crippen LogP contribution in [0.4, 0.5) is 5.69 Å². The molecule has 2 nitrogen and oxygen atoms in total. The van der Waals surface area contributed by atoms with Gasteiger partial charge >= 0.3 is 0 Å². The van der Waals surface area contributed by atoms with E-state index in [1.807, 2.05) is 33.0 Å². The molecule has 1 rings (SSSR count). The van der Waals surface area contributed by atoms with Gasteiger partial charge in [-0.25, -0.2) is 0 Å². The van der Waals surface area contributed by atoms with Crippen LogP contribution in [-0.4, -0.2) is 13.2 Å². The standard InChI is InChI=1S/C13H19NO/c1-5-6-11-7-12(14-4)9-13(8-11)15-10(2)3/h5,7-10,14H,1,6H2,2-4H3. The molecule has 15 heavy (non-hydrogen) atoms. The van der Waals surface area contributed by atoms with Crippen LogP contribution in [0.3, 0.4) is 0 Å². The summed E-state index contributed by atoms with van der Waals surface area (Å²) in [5, 5.41) is 3.13. The van der Waals surface area contributed by atoms with E-state index in [4.69, 9.17) is 4.74 Å². The lowest BCUT2D eigenvalue weighted by Crippen LogP contribution is -2.06. The molecule has 0 heterocycles. The first-order chi connectivity index (χ1) is 7.15. The summed E-state index contributed by atoms with van der Waals surface area (Å²) in [6, 6.07) is 6.17.